The standard InChI is InChI=1S/C14H22N2O2/c1-3-16(11-12-5-4-10-18-12)13(17)14(2)6-8-15-9-7-14/h4-5,10,15H,3,6-9,11H2,1-2H3. The summed E-state index contributed by atoms with van der Waals surface area (Å²) in [5.41, 5.74) is -0.214. The molecule has 100 valence electrons. The second-order valence-corrected chi connectivity index (χ2v) is 5.21. The third-order valence-electron chi connectivity index (χ3n) is 3.82. The minimum atomic E-state index is -0.214. The molecule has 1 aliphatic heterocycles. The van der Waals surface area contributed by atoms with Gasteiger partial charge in [-0.2, -0.15) is 0 Å². The van der Waals surface area contributed by atoms with E-state index in [0.717, 1.165) is 38.2 Å². The van der Waals surface area contributed by atoms with Crippen molar-refractivity contribution in [3.8, 4) is 0 Å². The molecule has 1 aromatic rings. The van der Waals surface area contributed by atoms with Gasteiger partial charge >= 0.3 is 0 Å². The van der Waals surface area contributed by atoms with Crippen LogP contribution < -0.4 is 5.32 Å². The Hall–Kier alpha value is -1.29. The second kappa shape index (κ2) is 5.57. The molecule has 18 heavy (non-hydrogen) atoms. The Bertz CT molecular complexity index is 381. The van der Waals surface area contributed by atoms with Crippen LogP contribution in [0.25, 0.3) is 0 Å². The minimum Gasteiger partial charge on any atom is -0.467 e. The molecule has 0 saturated carbocycles. The smallest absolute Gasteiger partial charge is 0.229 e. The third-order valence-corrected chi connectivity index (χ3v) is 3.82. The summed E-state index contributed by atoms with van der Waals surface area (Å²) in [5, 5.41) is 3.31. The van der Waals surface area contributed by atoms with Crippen LogP contribution in [0.5, 0.6) is 0 Å². The topological polar surface area (TPSA) is 45.5 Å². The maximum atomic E-state index is 12.6. The Morgan fingerprint density at radius 2 is 2.22 bits per heavy atom. The van der Waals surface area contributed by atoms with Crippen molar-refractivity contribution in [2.75, 3.05) is 19.6 Å². The van der Waals surface area contributed by atoms with Gasteiger partial charge in [-0.15, -0.1) is 0 Å². The average molecular weight is 250 g/mol. The fraction of sp³-hybridized carbons (Fsp3) is 0.643. The Balaban J connectivity index is 2.04. The van der Waals surface area contributed by atoms with Crippen molar-refractivity contribution in [1.82, 2.24) is 10.2 Å². The van der Waals surface area contributed by atoms with Crippen LogP contribution in [0.2, 0.25) is 0 Å². The lowest BCUT2D eigenvalue weighted by Crippen LogP contribution is -2.47. The highest BCUT2D eigenvalue weighted by atomic mass is 16.3. The van der Waals surface area contributed by atoms with Gasteiger partial charge in [0, 0.05) is 12.0 Å². The van der Waals surface area contributed by atoms with Crippen LogP contribution >= 0.6 is 0 Å². The molecule has 1 saturated heterocycles. The van der Waals surface area contributed by atoms with E-state index in [0.29, 0.717) is 6.54 Å². The molecule has 1 fully saturated rings. The van der Waals surface area contributed by atoms with Gasteiger partial charge in [-0.1, -0.05) is 6.92 Å². The number of nitrogens with zero attached hydrogens (tertiary/aromatic N) is 1. The van der Waals surface area contributed by atoms with Crippen LogP contribution in [0.1, 0.15) is 32.4 Å². The van der Waals surface area contributed by atoms with Gasteiger partial charge in [0.1, 0.15) is 5.76 Å². The van der Waals surface area contributed by atoms with Crippen molar-refractivity contribution < 1.29 is 9.21 Å². The van der Waals surface area contributed by atoms with Crippen molar-refractivity contribution >= 4 is 5.91 Å². The molecule has 1 amide bonds. The van der Waals surface area contributed by atoms with E-state index in [9.17, 15) is 4.79 Å². The maximum absolute atomic E-state index is 12.6. The first-order valence-corrected chi connectivity index (χ1v) is 6.68. The monoisotopic (exact) mass is 250 g/mol. The van der Waals surface area contributed by atoms with Crippen molar-refractivity contribution in [3.63, 3.8) is 0 Å². The Labute approximate surface area is 108 Å². The molecule has 1 aliphatic rings. The summed E-state index contributed by atoms with van der Waals surface area (Å²) in [7, 11) is 0. The Kier molecular flexibility index (Phi) is 4.07. The maximum Gasteiger partial charge on any atom is 0.229 e. The number of nitrogens with one attached hydrogen (secondary N) is 1. The van der Waals surface area contributed by atoms with E-state index in [1.54, 1.807) is 6.26 Å². The first-order chi connectivity index (χ1) is 8.65. The van der Waals surface area contributed by atoms with E-state index in [2.05, 4.69) is 12.2 Å². The molecule has 4 heteroatoms. The summed E-state index contributed by atoms with van der Waals surface area (Å²) in [6.07, 6.45) is 3.49. The third kappa shape index (κ3) is 2.75. The summed E-state index contributed by atoms with van der Waals surface area (Å²) in [6.45, 7) is 7.27. The van der Waals surface area contributed by atoms with Crippen LogP contribution in [0.15, 0.2) is 22.8 Å². The molecule has 0 aliphatic carbocycles. The van der Waals surface area contributed by atoms with E-state index in [1.807, 2.05) is 24.0 Å². The number of hydrogen-bond acceptors (Lipinski definition) is 3. The minimum absolute atomic E-state index is 0.214. The SMILES string of the molecule is CCN(Cc1ccco1)C(=O)C1(C)CCNCC1. The van der Waals surface area contributed by atoms with Gasteiger partial charge in [-0.25, -0.2) is 0 Å². The van der Waals surface area contributed by atoms with E-state index >= 15 is 0 Å². The number of piperidine rings is 1. The van der Waals surface area contributed by atoms with Gasteiger partial charge in [0.15, 0.2) is 0 Å². The van der Waals surface area contributed by atoms with Crippen molar-refractivity contribution in [2.24, 2.45) is 5.41 Å². The molecule has 0 atom stereocenters. The molecule has 2 heterocycles. The molecular formula is C14H22N2O2. The predicted molar refractivity (Wildman–Crippen MR) is 70.0 cm³/mol. The number of amides is 1. The molecule has 0 bridgehead atoms. The van der Waals surface area contributed by atoms with E-state index in [-0.39, 0.29) is 11.3 Å². The quantitative estimate of drug-likeness (QED) is 0.889. The Morgan fingerprint density at radius 3 is 2.78 bits per heavy atom. The van der Waals surface area contributed by atoms with Gasteiger partial charge in [0.05, 0.1) is 12.8 Å². The first-order valence-electron chi connectivity index (χ1n) is 6.68. The predicted octanol–water partition coefficient (Wildman–Crippen LogP) is 2.02. The van der Waals surface area contributed by atoms with Crippen molar-refractivity contribution in [3.05, 3.63) is 24.2 Å². The highest BCUT2D eigenvalue weighted by molar-refractivity contribution is 5.82. The molecule has 0 radical (unpaired) electrons. The number of rotatable bonds is 4. The van der Waals surface area contributed by atoms with E-state index in [4.69, 9.17) is 4.42 Å². The Morgan fingerprint density at radius 1 is 1.50 bits per heavy atom. The molecule has 0 unspecified atom stereocenters. The van der Waals surface area contributed by atoms with Gasteiger partial charge in [0.2, 0.25) is 5.91 Å². The summed E-state index contributed by atoms with van der Waals surface area (Å²) in [4.78, 5) is 14.5. The summed E-state index contributed by atoms with van der Waals surface area (Å²) in [6, 6.07) is 3.78. The van der Waals surface area contributed by atoms with Crippen LogP contribution in [0, 0.1) is 5.41 Å². The molecule has 1 aromatic heterocycles. The lowest BCUT2D eigenvalue weighted by molar-refractivity contribution is -0.143. The van der Waals surface area contributed by atoms with E-state index in [1.165, 1.54) is 0 Å². The van der Waals surface area contributed by atoms with E-state index < -0.39 is 0 Å². The van der Waals surface area contributed by atoms with Gasteiger partial charge in [0.25, 0.3) is 0 Å². The average Bonchev–Trinajstić information content (AvgIpc) is 2.89. The number of hydrogen-bond donors (Lipinski definition) is 1. The molecule has 4 nitrogen and oxygen atoms in total. The van der Waals surface area contributed by atoms with Crippen LogP contribution in [-0.2, 0) is 11.3 Å². The van der Waals surface area contributed by atoms with Gasteiger partial charge in [-0.3, -0.25) is 4.79 Å². The number of furan rings is 1. The number of carbonyl (C=O) groups is 1. The van der Waals surface area contributed by atoms with Crippen LogP contribution in [-0.4, -0.2) is 30.4 Å². The zero-order chi connectivity index (χ0) is 13.0. The molecule has 1 N–H and O–H groups in total. The lowest BCUT2D eigenvalue weighted by atomic mass is 9.79. The summed E-state index contributed by atoms with van der Waals surface area (Å²) in [5.74, 6) is 1.10. The zero-order valence-corrected chi connectivity index (χ0v) is 11.2. The van der Waals surface area contributed by atoms with Gasteiger partial charge < -0.3 is 14.6 Å². The number of carbonyl (C=O) groups excluding carboxylic acids is 1. The molecule has 2 rings (SSSR count). The highest BCUT2D eigenvalue weighted by Crippen LogP contribution is 2.30. The fourth-order valence-corrected chi connectivity index (χ4v) is 2.49. The van der Waals surface area contributed by atoms with Crippen molar-refractivity contribution in [1.29, 1.82) is 0 Å². The molecule has 0 aromatic carbocycles. The largest absolute Gasteiger partial charge is 0.467 e. The first kappa shape index (κ1) is 13.1. The van der Waals surface area contributed by atoms with Crippen LogP contribution in [0.4, 0.5) is 0 Å². The zero-order valence-electron chi connectivity index (χ0n) is 11.2. The molecule has 0 spiro atoms. The lowest BCUT2D eigenvalue weighted by Gasteiger charge is -2.36. The van der Waals surface area contributed by atoms with Crippen LogP contribution in [0.3, 0.4) is 0 Å². The molecular weight excluding hydrogens is 228 g/mol. The summed E-state index contributed by atoms with van der Waals surface area (Å²) >= 11 is 0. The van der Waals surface area contributed by atoms with Gasteiger partial charge in [-0.05, 0) is 45.0 Å². The summed E-state index contributed by atoms with van der Waals surface area (Å²) < 4.78 is 5.33. The fourth-order valence-electron chi connectivity index (χ4n) is 2.49. The van der Waals surface area contributed by atoms with Crippen molar-refractivity contribution in [2.45, 2.75) is 33.2 Å². The highest BCUT2D eigenvalue weighted by Gasteiger charge is 2.37. The normalized spacial score (nSPS) is 18.6. The second-order valence-electron chi connectivity index (χ2n) is 5.21.